The second kappa shape index (κ2) is 12.6. The quantitative estimate of drug-likeness (QED) is 0.305. The number of ether oxygens (including phenoxy) is 1. The summed E-state index contributed by atoms with van der Waals surface area (Å²) >= 11 is 0. The number of ketones is 1. The highest BCUT2D eigenvalue weighted by atomic mass is 16.5. The Morgan fingerprint density at radius 2 is 1.88 bits per heavy atom. The summed E-state index contributed by atoms with van der Waals surface area (Å²) in [6.07, 6.45) is 3.50. The molecule has 2 atom stereocenters. The van der Waals surface area contributed by atoms with Crippen LogP contribution in [-0.2, 0) is 9.59 Å². The number of hydrogen-bond acceptors (Lipinski definition) is 5. The first-order valence-electron chi connectivity index (χ1n) is 12.2. The summed E-state index contributed by atoms with van der Waals surface area (Å²) in [5.74, 6) is 1.29. The minimum absolute atomic E-state index is 0.160. The van der Waals surface area contributed by atoms with Gasteiger partial charge in [0.1, 0.15) is 17.7 Å². The van der Waals surface area contributed by atoms with Crippen molar-refractivity contribution in [2.75, 3.05) is 6.61 Å². The highest BCUT2D eigenvalue weighted by molar-refractivity contribution is 6.55. The van der Waals surface area contributed by atoms with Gasteiger partial charge >= 0.3 is 0 Å². The SMILES string of the molecule is CCCC(=N)C1=C(C)C(=O)NC(c2cc([B]C(CC(C)=O)C(CC)CC)ccc2OCC)N1. The predicted molar refractivity (Wildman–Crippen MR) is 135 cm³/mol. The van der Waals surface area contributed by atoms with Crippen LogP contribution in [0.3, 0.4) is 0 Å². The third-order valence-corrected chi connectivity index (χ3v) is 6.31. The molecule has 0 spiro atoms. The summed E-state index contributed by atoms with van der Waals surface area (Å²) in [7, 11) is 2.18. The van der Waals surface area contributed by atoms with E-state index in [9.17, 15) is 9.59 Å². The second-order valence-electron chi connectivity index (χ2n) is 8.82. The minimum atomic E-state index is -0.497. The normalized spacial score (nSPS) is 16.8. The van der Waals surface area contributed by atoms with Crippen molar-refractivity contribution in [1.29, 1.82) is 5.41 Å². The van der Waals surface area contributed by atoms with Crippen molar-refractivity contribution in [2.24, 2.45) is 5.92 Å². The van der Waals surface area contributed by atoms with E-state index in [1.165, 1.54) is 0 Å². The molecule has 1 aromatic rings. The molecule has 3 N–H and O–H groups in total. The van der Waals surface area contributed by atoms with Gasteiger partial charge in [0.15, 0.2) is 7.28 Å². The van der Waals surface area contributed by atoms with E-state index in [0.717, 1.165) is 30.3 Å². The summed E-state index contributed by atoms with van der Waals surface area (Å²) in [4.78, 5) is 24.7. The van der Waals surface area contributed by atoms with E-state index in [1.807, 2.05) is 32.0 Å². The number of amides is 1. The summed E-state index contributed by atoms with van der Waals surface area (Å²) in [5.41, 5.74) is 3.37. The van der Waals surface area contributed by atoms with Crippen molar-refractivity contribution in [2.45, 2.75) is 85.6 Å². The molecule has 179 valence electrons. The fourth-order valence-electron chi connectivity index (χ4n) is 4.50. The molecule has 0 saturated carbocycles. The van der Waals surface area contributed by atoms with E-state index < -0.39 is 6.17 Å². The lowest BCUT2D eigenvalue weighted by Crippen LogP contribution is -2.46. The average Bonchev–Trinajstić information content (AvgIpc) is 2.77. The van der Waals surface area contributed by atoms with Gasteiger partial charge in [-0.3, -0.25) is 4.79 Å². The third-order valence-electron chi connectivity index (χ3n) is 6.31. The van der Waals surface area contributed by atoms with Crippen LogP contribution in [0.5, 0.6) is 5.75 Å². The maximum atomic E-state index is 12.7. The summed E-state index contributed by atoms with van der Waals surface area (Å²) in [6.45, 7) is 12.2. The fraction of sp³-hybridized carbons (Fsp3) is 0.577. The maximum Gasteiger partial charge on any atom is 0.250 e. The number of carbonyl (C=O) groups excluding carboxylic acids is 2. The van der Waals surface area contributed by atoms with E-state index >= 15 is 0 Å². The lowest BCUT2D eigenvalue weighted by atomic mass is 9.52. The van der Waals surface area contributed by atoms with Crippen LogP contribution < -0.4 is 20.8 Å². The molecule has 1 aliphatic rings. The zero-order valence-corrected chi connectivity index (χ0v) is 21.0. The highest BCUT2D eigenvalue weighted by Crippen LogP contribution is 2.30. The molecule has 6 nitrogen and oxygen atoms in total. The number of benzene rings is 1. The van der Waals surface area contributed by atoms with Gasteiger partial charge in [0.25, 0.3) is 5.91 Å². The van der Waals surface area contributed by atoms with Gasteiger partial charge in [0, 0.05) is 17.6 Å². The Hall–Kier alpha value is -2.57. The molecule has 0 saturated heterocycles. The number of Topliss-reactive ketones (excluding diaryl/α,β-unsaturated/α-hetero) is 1. The van der Waals surface area contributed by atoms with Gasteiger partial charge in [0.05, 0.1) is 18.0 Å². The summed E-state index contributed by atoms with van der Waals surface area (Å²) < 4.78 is 5.88. The van der Waals surface area contributed by atoms with Crippen LogP contribution in [-0.4, -0.2) is 31.3 Å². The topological polar surface area (TPSA) is 91.3 Å². The van der Waals surface area contributed by atoms with Crippen molar-refractivity contribution in [1.82, 2.24) is 10.6 Å². The molecule has 1 heterocycles. The Morgan fingerprint density at radius 1 is 1.18 bits per heavy atom. The number of allylic oxidation sites excluding steroid dienone is 1. The smallest absolute Gasteiger partial charge is 0.250 e. The molecule has 7 heteroatoms. The van der Waals surface area contributed by atoms with Gasteiger partial charge in [-0.15, -0.1) is 0 Å². The van der Waals surface area contributed by atoms with Gasteiger partial charge < -0.3 is 25.6 Å². The lowest BCUT2D eigenvalue weighted by molar-refractivity contribution is -0.119. The Morgan fingerprint density at radius 3 is 2.45 bits per heavy atom. The molecular formula is C26H39BN3O3. The summed E-state index contributed by atoms with van der Waals surface area (Å²) in [6, 6.07) is 5.97. The van der Waals surface area contributed by atoms with E-state index in [-0.39, 0.29) is 17.5 Å². The molecule has 0 aromatic heterocycles. The maximum absolute atomic E-state index is 12.7. The van der Waals surface area contributed by atoms with E-state index in [4.69, 9.17) is 10.1 Å². The monoisotopic (exact) mass is 452 g/mol. The van der Waals surface area contributed by atoms with Crippen molar-refractivity contribution in [3.63, 3.8) is 0 Å². The van der Waals surface area contributed by atoms with Crippen LogP contribution in [0.15, 0.2) is 29.5 Å². The van der Waals surface area contributed by atoms with Crippen LogP contribution in [0.2, 0.25) is 5.82 Å². The lowest BCUT2D eigenvalue weighted by Gasteiger charge is -2.31. The molecular weight excluding hydrogens is 413 g/mol. The first-order chi connectivity index (χ1) is 15.7. The van der Waals surface area contributed by atoms with Crippen molar-refractivity contribution in [3.05, 3.63) is 35.0 Å². The van der Waals surface area contributed by atoms with Crippen LogP contribution in [0, 0.1) is 11.3 Å². The minimum Gasteiger partial charge on any atom is -0.493 e. The highest BCUT2D eigenvalue weighted by Gasteiger charge is 2.29. The summed E-state index contributed by atoms with van der Waals surface area (Å²) in [5, 5.41) is 14.8. The Kier molecular flexibility index (Phi) is 10.2. The number of rotatable bonds is 13. The van der Waals surface area contributed by atoms with Crippen LogP contribution in [0.25, 0.3) is 0 Å². The number of nitrogens with one attached hydrogen (secondary N) is 3. The molecule has 0 aliphatic carbocycles. The third kappa shape index (κ3) is 6.96. The zero-order valence-electron chi connectivity index (χ0n) is 21.0. The number of carbonyl (C=O) groups is 2. The van der Waals surface area contributed by atoms with Gasteiger partial charge in [-0.05, 0) is 39.2 Å². The van der Waals surface area contributed by atoms with Gasteiger partial charge in [-0.1, -0.05) is 63.4 Å². The Balaban J connectivity index is 2.41. The molecule has 1 amide bonds. The Labute approximate surface area is 199 Å². The molecule has 0 fully saturated rings. The molecule has 1 radical (unpaired) electrons. The number of hydrogen-bond donors (Lipinski definition) is 3. The second-order valence-corrected chi connectivity index (χ2v) is 8.82. The van der Waals surface area contributed by atoms with Gasteiger partial charge in [-0.25, -0.2) is 0 Å². The molecule has 2 rings (SSSR count). The predicted octanol–water partition coefficient (Wildman–Crippen LogP) is 4.43. The molecule has 33 heavy (non-hydrogen) atoms. The largest absolute Gasteiger partial charge is 0.493 e. The van der Waals surface area contributed by atoms with Crippen LogP contribution in [0.4, 0.5) is 0 Å². The van der Waals surface area contributed by atoms with Gasteiger partial charge in [0.2, 0.25) is 0 Å². The van der Waals surface area contributed by atoms with Crippen molar-refractivity contribution < 1.29 is 14.3 Å². The average molecular weight is 452 g/mol. The zero-order chi connectivity index (χ0) is 24.5. The Bertz CT molecular complexity index is 893. The van der Waals surface area contributed by atoms with Crippen LogP contribution in [0.1, 0.15) is 85.4 Å². The molecule has 0 bridgehead atoms. The molecule has 1 aliphatic heterocycles. The molecule has 2 unspecified atom stereocenters. The fourth-order valence-corrected chi connectivity index (χ4v) is 4.50. The van der Waals surface area contributed by atoms with Gasteiger partial charge in [-0.2, -0.15) is 0 Å². The van der Waals surface area contributed by atoms with Crippen LogP contribution >= 0.6 is 0 Å². The van der Waals surface area contributed by atoms with E-state index in [2.05, 4.69) is 31.8 Å². The standard InChI is InChI=1S/C26H39BN3O3/c1-7-11-22(28)24-17(6)26(32)30-25(29-24)20-15-19(12-13-23(20)33-10-4)27-21(14-16(5)31)18(8-2)9-3/h12-13,15,18,21,25,28-29H,7-11,14H2,1-6H3,(H,30,32). The van der Waals surface area contributed by atoms with Crippen molar-refractivity contribution >= 4 is 30.1 Å². The van der Waals surface area contributed by atoms with E-state index in [1.54, 1.807) is 13.8 Å². The van der Waals surface area contributed by atoms with E-state index in [0.29, 0.717) is 48.1 Å². The first kappa shape index (κ1) is 26.7. The molecule has 1 aromatic carbocycles. The van der Waals surface area contributed by atoms with Crippen molar-refractivity contribution in [3.8, 4) is 5.75 Å². The first-order valence-corrected chi connectivity index (χ1v) is 12.2.